The van der Waals surface area contributed by atoms with Gasteiger partial charge in [0.05, 0.1) is 6.67 Å². The van der Waals surface area contributed by atoms with Crippen molar-refractivity contribution in [2.24, 2.45) is 0 Å². The zero-order valence-electron chi connectivity index (χ0n) is 8.04. The Balaban J connectivity index is 0.000000310. The second-order valence-electron chi connectivity index (χ2n) is 2.65. The molecule has 1 aromatic rings. The first-order valence-electron chi connectivity index (χ1n) is 4.55. The molecule has 13 heavy (non-hydrogen) atoms. The van der Waals surface area contributed by atoms with Crippen LogP contribution in [0.5, 0.6) is 0 Å². The summed E-state index contributed by atoms with van der Waals surface area (Å²) in [4.78, 5) is 0. The number of alkyl halides is 1. The maximum absolute atomic E-state index is 10.7. The molecule has 0 saturated heterocycles. The Morgan fingerprint density at radius 1 is 1.23 bits per heavy atom. The van der Waals surface area contributed by atoms with E-state index < -0.39 is 0 Å². The third-order valence-electron chi connectivity index (χ3n) is 1.43. The van der Waals surface area contributed by atoms with E-state index in [0.29, 0.717) is 6.42 Å². The minimum absolute atomic E-state index is 0.181. The number of hydrogen-bond donors (Lipinski definition) is 1. The molecule has 0 heterocycles. The Labute approximate surface area is 79.2 Å². The van der Waals surface area contributed by atoms with Crippen LogP contribution in [0.4, 0.5) is 4.39 Å². The van der Waals surface area contributed by atoms with Crippen LogP contribution in [0.1, 0.15) is 18.9 Å². The van der Waals surface area contributed by atoms with Gasteiger partial charge in [0.15, 0.2) is 0 Å². The third kappa shape index (κ3) is 7.47. The third-order valence-corrected chi connectivity index (χ3v) is 1.43. The molecule has 0 aliphatic heterocycles. The van der Waals surface area contributed by atoms with Crippen molar-refractivity contribution in [3.05, 3.63) is 35.9 Å². The number of hydrogen-bond acceptors (Lipinski definition) is 1. The molecule has 2 heteroatoms. The number of aliphatic hydroxyl groups excluding tert-OH is 1. The molecule has 1 rings (SSSR count). The van der Waals surface area contributed by atoms with Crippen molar-refractivity contribution in [2.45, 2.75) is 19.8 Å². The lowest BCUT2D eigenvalue weighted by molar-refractivity contribution is 0.299. The van der Waals surface area contributed by atoms with Crippen molar-refractivity contribution in [1.29, 1.82) is 0 Å². The van der Waals surface area contributed by atoms with Crippen LogP contribution in [0.15, 0.2) is 30.3 Å². The molecular weight excluding hydrogens is 167 g/mol. The minimum Gasteiger partial charge on any atom is -0.396 e. The highest BCUT2D eigenvalue weighted by Crippen LogP contribution is 1.97. The topological polar surface area (TPSA) is 20.2 Å². The second-order valence-corrected chi connectivity index (χ2v) is 2.65. The Morgan fingerprint density at radius 3 is 2.15 bits per heavy atom. The van der Waals surface area contributed by atoms with E-state index in [-0.39, 0.29) is 13.3 Å². The monoisotopic (exact) mass is 184 g/mol. The summed E-state index contributed by atoms with van der Waals surface area (Å²) in [5.74, 6) is 0. The molecule has 0 aliphatic carbocycles. The summed E-state index contributed by atoms with van der Waals surface area (Å²) in [6, 6.07) is 9.95. The fourth-order valence-electron chi connectivity index (χ4n) is 0.774. The van der Waals surface area contributed by atoms with Gasteiger partial charge in [-0.2, -0.15) is 0 Å². The molecule has 74 valence electrons. The summed E-state index contributed by atoms with van der Waals surface area (Å²) < 4.78 is 10.7. The second kappa shape index (κ2) is 9.20. The average Bonchev–Trinajstić information content (AvgIpc) is 2.20. The Bertz CT molecular complexity index is 185. The predicted molar refractivity (Wildman–Crippen MR) is 53.5 cm³/mol. The largest absolute Gasteiger partial charge is 0.396 e. The van der Waals surface area contributed by atoms with Crippen LogP contribution >= 0.6 is 0 Å². The van der Waals surface area contributed by atoms with Crippen molar-refractivity contribution in [1.82, 2.24) is 0 Å². The average molecular weight is 184 g/mol. The van der Waals surface area contributed by atoms with E-state index in [4.69, 9.17) is 5.11 Å². The van der Waals surface area contributed by atoms with Gasteiger partial charge in [-0.3, -0.25) is 4.39 Å². The van der Waals surface area contributed by atoms with Crippen LogP contribution in [0.2, 0.25) is 0 Å². The maximum Gasteiger partial charge on any atom is 0.0891 e. The van der Waals surface area contributed by atoms with E-state index in [1.807, 2.05) is 30.3 Å². The van der Waals surface area contributed by atoms with Crippen molar-refractivity contribution in [2.75, 3.05) is 13.3 Å². The van der Waals surface area contributed by atoms with Crippen LogP contribution in [0, 0.1) is 0 Å². The Kier molecular flexibility index (Phi) is 8.57. The van der Waals surface area contributed by atoms with Gasteiger partial charge in [-0.25, -0.2) is 0 Å². The van der Waals surface area contributed by atoms with Crippen molar-refractivity contribution < 1.29 is 9.50 Å². The van der Waals surface area contributed by atoms with E-state index in [9.17, 15) is 4.39 Å². The fraction of sp³-hybridized carbons (Fsp3) is 0.455. The molecule has 1 nitrogen and oxygen atoms in total. The number of aliphatic hydroxyl groups is 1. The molecule has 0 radical (unpaired) electrons. The molecule has 0 aromatic heterocycles. The number of halogens is 1. The zero-order valence-corrected chi connectivity index (χ0v) is 8.04. The summed E-state index contributed by atoms with van der Waals surface area (Å²) in [5, 5.41) is 8.52. The Hall–Kier alpha value is -0.890. The summed E-state index contributed by atoms with van der Waals surface area (Å²) >= 11 is 0. The lowest BCUT2D eigenvalue weighted by atomic mass is 10.2. The molecule has 0 atom stereocenters. The molecule has 1 N–H and O–H groups in total. The summed E-state index contributed by atoms with van der Waals surface area (Å²) in [6.07, 6.45) is 1.42. The van der Waals surface area contributed by atoms with Gasteiger partial charge in [-0.15, -0.1) is 0 Å². The molecule has 0 fully saturated rings. The molecule has 1 aromatic carbocycles. The lowest BCUT2D eigenvalue weighted by Crippen LogP contribution is -1.88. The molecule has 0 amide bonds. The van der Waals surface area contributed by atoms with E-state index in [2.05, 4.69) is 0 Å². The van der Waals surface area contributed by atoms with Crippen molar-refractivity contribution in [3.8, 4) is 0 Å². The summed E-state index contributed by atoms with van der Waals surface area (Å²) in [6.45, 7) is 1.87. The first-order valence-corrected chi connectivity index (χ1v) is 4.55. The van der Waals surface area contributed by atoms with E-state index in [0.717, 1.165) is 6.42 Å². The van der Waals surface area contributed by atoms with E-state index in [1.165, 1.54) is 5.56 Å². The minimum atomic E-state index is -0.181. The highest BCUT2D eigenvalue weighted by Gasteiger charge is 1.85. The lowest BCUT2D eigenvalue weighted by Gasteiger charge is -1.93. The summed E-state index contributed by atoms with van der Waals surface area (Å²) in [5.41, 5.74) is 1.19. The van der Waals surface area contributed by atoms with Crippen molar-refractivity contribution >= 4 is 0 Å². The van der Waals surface area contributed by atoms with Gasteiger partial charge < -0.3 is 5.11 Å². The molecule has 0 aliphatic rings. The van der Waals surface area contributed by atoms with Crippen molar-refractivity contribution in [3.63, 3.8) is 0 Å². The van der Waals surface area contributed by atoms with Gasteiger partial charge in [0, 0.05) is 6.61 Å². The van der Waals surface area contributed by atoms with E-state index >= 15 is 0 Å². The van der Waals surface area contributed by atoms with E-state index in [1.54, 1.807) is 6.92 Å². The van der Waals surface area contributed by atoms with Gasteiger partial charge in [-0.05, 0) is 18.4 Å². The summed E-state index contributed by atoms with van der Waals surface area (Å²) in [7, 11) is 0. The highest BCUT2D eigenvalue weighted by molar-refractivity contribution is 5.14. The highest BCUT2D eigenvalue weighted by atomic mass is 19.1. The normalized spacial score (nSPS) is 8.85. The van der Waals surface area contributed by atoms with Gasteiger partial charge in [-0.1, -0.05) is 37.3 Å². The Morgan fingerprint density at radius 2 is 1.77 bits per heavy atom. The number of benzene rings is 1. The smallest absolute Gasteiger partial charge is 0.0891 e. The van der Waals surface area contributed by atoms with Crippen LogP contribution in [0.3, 0.4) is 0 Å². The molecular formula is C11H17FO. The maximum atomic E-state index is 10.7. The van der Waals surface area contributed by atoms with Gasteiger partial charge in [0.25, 0.3) is 0 Å². The standard InChI is InChI=1S/C8H10O.C3H7F/c9-7-6-8-4-2-1-3-5-8;1-2-3-4/h1-5,9H,6-7H2;2-3H2,1H3. The number of rotatable bonds is 3. The quantitative estimate of drug-likeness (QED) is 0.765. The van der Waals surface area contributed by atoms with Gasteiger partial charge in [0.2, 0.25) is 0 Å². The molecule has 0 spiro atoms. The van der Waals surface area contributed by atoms with Crippen LogP contribution in [0.25, 0.3) is 0 Å². The van der Waals surface area contributed by atoms with Crippen LogP contribution < -0.4 is 0 Å². The van der Waals surface area contributed by atoms with Crippen LogP contribution in [-0.4, -0.2) is 18.4 Å². The molecule has 0 unspecified atom stereocenters. The first-order chi connectivity index (χ1) is 6.35. The van der Waals surface area contributed by atoms with Gasteiger partial charge in [0.1, 0.15) is 0 Å². The zero-order chi connectivity index (χ0) is 9.94. The SMILES string of the molecule is CCCF.OCCc1ccccc1. The predicted octanol–water partition coefficient (Wildman–Crippen LogP) is 2.59. The first kappa shape index (κ1) is 12.1. The molecule has 0 bridgehead atoms. The fourth-order valence-corrected chi connectivity index (χ4v) is 0.774. The van der Waals surface area contributed by atoms with Gasteiger partial charge >= 0.3 is 0 Å². The molecule has 0 saturated carbocycles. The van der Waals surface area contributed by atoms with Crippen LogP contribution in [-0.2, 0) is 6.42 Å².